The molecule has 0 saturated carbocycles. The third kappa shape index (κ3) is 5.31. The van der Waals surface area contributed by atoms with Crippen molar-refractivity contribution < 1.29 is 24.5 Å². The summed E-state index contributed by atoms with van der Waals surface area (Å²) in [5.74, 6) is 0. The highest BCUT2D eigenvalue weighted by atomic mass is 16.7. The van der Waals surface area contributed by atoms with E-state index < -0.39 is 11.6 Å². The number of fused-ring (bicyclic) bond motifs is 1. The van der Waals surface area contributed by atoms with E-state index in [-0.39, 0.29) is 19.8 Å². The van der Waals surface area contributed by atoms with Gasteiger partial charge in [-0.2, -0.15) is 0 Å². The molecule has 0 aliphatic carbocycles. The monoisotopic (exact) mass is 344 g/mol. The molecule has 2 aromatic rings. The highest BCUT2D eigenvalue weighted by molar-refractivity contribution is 5.83. The lowest BCUT2D eigenvalue weighted by Crippen LogP contribution is -2.32. The Labute approximate surface area is 147 Å². The van der Waals surface area contributed by atoms with Crippen LogP contribution in [0.3, 0.4) is 0 Å². The smallest absolute Gasteiger partial charge is 0.438 e. The Morgan fingerprint density at radius 1 is 1.08 bits per heavy atom. The quantitative estimate of drug-likeness (QED) is 0.568. The summed E-state index contributed by atoms with van der Waals surface area (Å²) in [6, 6.07) is 14.2. The van der Waals surface area contributed by atoms with Gasteiger partial charge in [0.25, 0.3) is 0 Å². The maximum Gasteiger partial charge on any atom is 0.508 e. The first-order chi connectivity index (χ1) is 12.1. The summed E-state index contributed by atoms with van der Waals surface area (Å²) < 4.78 is 9.15. The molecular weight excluding hydrogens is 320 g/mol. The van der Waals surface area contributed by atoms with E-state index in [0.29, 0.717) is 12.8 Å². The molecule has 0 atom stereocenters. The van der Waals surface area contributed by atoms with Gasteiger partial charge in [0, 0.05) is 5.41 Å². The molecular formula is C20H24O5. The fourth-order valence-corrected chi connectivity index (χ4v) is 2.72. The van der Waals surface area contributed by atoms with Crippen molar-refractivity contribution in [1.29, 1.82) is 0 Å². The van der Waals surface area contributed by atoms with Crippen molar-refractivity contribution in [1.82, 2.24) is 0 Å². The summed E-state index contributed by atoms with van der Waals surface area (Å²) in [5.41, 5.74) is 0.394. The maximum absolute atomic E-state index is 10.9. The van der Waals surface area contributed by atoms with E-state index in [1.807, 2.05) is 30.3 Å². The van der Waals surface area contributed by atoms with Crippen molar-refractivity contribution in [3.63, 3.8) is 0 Å². The number of carbonyl (C=O) groups excluding carboxylic acids is 1. The van der Waals surface area contributed by atoms with Crippen LogP contribution in [0.2, 0.25) is 0 Å². The SMILES string of the molecule is COC(=O)OC/C=C/CC(CO)(CO)Cc1ccc2ccccc2c1. The molecule has 0 unspecified atom stereocenters. The molecule has 0 heterocycles. The molecule has 0 fully saturated rings. The van der Waals surface area contributed by atoms with Crippen LogP contribution in [0.15, 0.2) is 54.6 Å². The Hall–Kier alpha value is -2.37. The van der Waals surface area contributed by atoms with E-state index in [1.165, 1.54) is 7.11 Å². The van der Waals surface area contributed by atoms with Crippen LogP contribution in [-0.2, 0) is 15.9 Å². The molecule has 134 valence electrons. The number of hydrogen-bond donors (Lipinski definition) is 2. The molecule has 25 heavy (non-hydrogen) atoms. The number of methoxy groups -OCH3 is 1. The number of hydrogen-bond acceptors (Lipinski definition) is 5. The van der Waals surface area contributed by atoms with Crippen molar-refractivity contribution in [2.45, 2.75) is 12.8 Å². The average Bonchev–Trinajstić information content (AvgIpc) is 2.66. The predicted octanol–water partition coefficient (Wildman–Crippen LogP) is 3.08. The third-order valence-corrected chi connectivity index (χ3v) is 4.25. The van der Waals surface area contributed by atoms with Gasteiger partial charge in [-0.25, -0.2) is 4.79 Å². The Balaban J connectivity index is 2.04. The zero-order valence-corrected chi connectivity index (χ0v) is 14.4. The lowest BCUT2D eigenvalue weighted by Gasteiger charge is -2.29. The third-order valence-electron chi connectivity index (χ3n) is 4.25. The van der Waals surface area contributed by atoms with Gasteiger partial charge >= 0.3 is 6.16 Å². The number of aliphatic hydroxyl groups is 2. The molecule has 0 aliphatic heterocycles. The second-order valence-corrected chi connectivity index (χ2v) is 6.12. The summed E-state index contributed by atoms with van der Waals surface area (Å²) in [6.45, 7) is -0.188. The fourth-order valence-electron chi connectivity index (χ4n) is 2.72. The normalized spacial score (nSPS) is 11.8. The Morgan fingerprint density at radius 2 is 1.80 bits per heavy atom. The van der Waals surface area contributed by atoms with Crippen LogP contribution in [0.4, 0.5) is 4.79 Å². The minimum absolute atomic E-state index is 0.0928. The van der Waals surface area contributed by atoms with Gasteiger partial charge in [-0.05, 0) is 29.2 Å². The minimum Gasteiger partial charge on any atom is -0.438 e. The molecule has 0 bridgehead atoms. The van der Waals surface area contributed by atoms with Crippen molar-refractivity contribution in [2.75, 3.05) is 26.9 Å². The maximum atomic E-state index is 10.9. The van der Waals surface area contributed by atoms with Crippen molar-refractivity contribution in [2.24, 2.45) is 5.41 Å². The molecule has 0 aromatic heterocycles. The fraction of sp³-hybridized carbons (Fsp3) is 0.350. The molecule has 5 heteroatoms. The van der Waals surface area contributed by atoms with E-state index in [9.17, 15) is 15.0 Å². The molecule has 5 nitrogen and oxygen atoms in total. The first-order valence-electron chi connectivity index (χ1n) is 8.17. The second-order valence-electron chi connectivity index (χ2n) is 6.12. The molecule has 0 aliphatic rings. The average molecular weight is 344 g/mol. The van der Waals surface area contributed by atoms with Crippen LogP contribution >= 0.6 is 0 Å². The molecule has 2 N–H and O–H groups in total. The first kappa shape index (κ1) is 19.0. The molecule has 0 amide bonds. The summed E-state index contributed by atoms with van der Waals surface area (Å²) in [5, 5.41) is 22.0. The lowest BCUT2D eigenvalue weighted by atomic mass is 9.79. The van der Waals surface area contributed by atoms with Crippen LogP contribution in [0, 0.1) is 5.41 Å². The van der Waals surface area contributed by atoms with E-state index in [1.54, 1.807) is 12.2 Å². The van der Waals surface area contributed by atoms with E-state index in [2.05, 4.69) is 16.9 Å². The van der Waals surface area contributed by atoms with Crippen LogP contribution in [-0.4, -0.2) is 43.3 Å². The van der Waals surface area contributed by atoms with E-state index >= 15 is 0 Å². The van der Waals surface area contributed by atoms with Gasteiger partial charge in [-0.15, -0.1) is 0 Å². The number of carbonyl (C=O) groups is 1. The second kappa shape index (κ2) is 9.20. The highest BCUT2D eigenvalue weighted by Crippen LogP contribution is 2.28. The van der Waals surface area contributed by atoms with Crippen LogP contribution < -0.4 is 0 Å². The van der Waals surface area contributed by atoms with E-state index in [0.717, 1.165) is 16.3 Å². The Morgan fingerprint density at radius 3 is 2.48 bits per heavy atom. The van der Waals surface area contributed by atoms with Crippen LogP contribution in [0.5, 0.6) is 0 Å². The summed E-state index contributed by atoms with van der Waals surface area (Å²) in [7, 11) is 1.25. The Kier molecular flexibility index (Phi) is 6.98. The van der Waals surface area contributed by atoms with Crippen LogP contribution in [0.1, 0.15) is 12.0 Å². The standard InChI is InChI=1S/C20H24O5/c1-24-19(23)25-11-5-4-10-20(14-21,15-22)13-16-8-9-17-6-2-3-7-18(17)12-16/h2-9,12,21-22H,10-11,13-15H2,1H3/b5-4+. The van der Waals surface area contributed by atoms with Crippen LogP contribution in [0.25, 0.3) is 10.8 Å². The molecule has 0 spiro atoms. The van der Waals surface area contributed by atoms with Gasteiger partial charge in [-0.1, -0.05) is 54.6 Å². The number of benzene rings is 2. The van der Waals surface area contributed by atoms with Gasteiger partial charge in [0.1, 0.15) is 6.61 Å². The first-order valence-corrected chi connectivity index (χ1v) is 8.17. The largest absolute Gasteiger partial charge is 0.508 e. The van der Waals surface area contributed by atoms with Gasteiger partial charge in [0.15, 0.2) is 0 Å². The molecule has 0 saturated heterocycles. The van der Waals surface area contributed by atoms with Gasteiger partial charge in [0.2, 0.25) is 0 Å². The predicted molar refractivity (Wildman–Crippen MR) is 96.4 cm³/mol. The topological polar surface area (TPSA) is 76.0 Å². The summed E-state index contributed by atoms with van der Waals surface area (Å²) >= 11 is 0. The minimum atomic E-state index is -0.739. The zero-order valence-electron chi connectivity index (χ0n) is 14.4. The Bertz CT molecular complexity index is 719. The molecule has 2 aromatic carbocycles. The zero-order chi connectivity index (χ0) is 18.1. The number of rotatable bonds is 8. The van der Waals surface area contributed by atoms with Gasteiger partial charge < -0.3 is 19.7 Å². The lowest BCUT2D eigenvalue weighted by molar-refractivity contribution is 0.0566. The van der Waals surface area contributed by atoms with E-state index in [4.69, 9.17) is 4.74 Å². The number of ether oxygens (including phenoxy) is 2. The van der Waals surface area contributed by atoms with Crippen molar-refractivity contribution in [3.05, 3.63) is 60.2 Å². The summed E-state index contributed by atoms with van der Waals surface area (Å²) in [6.07, 6.45) is 3.76. The van der Waals surface area contributed by atoms with Crippen molar-refractivity contribution in [3.8, 4) is 0 Å². The molecule has 0 radical (unpaired) electrons. The van der Waals surface area contributed by atoms with Gasteiger partial charge in [0.05, 0.1) is 20.3 Å². The highest BCUT2D eigenvalue weighted by Gasteiger charge is 2.28. The van der Waals surface area contributed by atoms with Gasteiger partial charge in [-0.3, -0.25) is 0 Å². The molecule has 2 rings (SSSR count). The number of allylic oxidation sites excluding steroid dienone is 1. The van der Waals surface area contributed by atoms with Crippen molar-refractivity contribution >= 4 is 16.9 Å². The number of aliphatic hydroxyl groups excluding tert-OH is 2. The summed E-state index contributed by atoms with van der Waals surface area (Å²) in [4.78, 5) is 10.9.